The Kier molecular flexibility index (Phi) is 4.67. The van der Waals surface area contributed by atoms with E-state index in [1.54, 1.807) is 6.07 Å². The number of aromatic carboxylic acids is 1. The summed E-state index contributed by atoms with van der Waals surface area (Å²) in [5.41, 5.74) is 2.51. The van der Waals surface area contributed by atoms with Crippen LogP contribution in [0.4, 0.5) is 10.1 Å². The van der Waals surface area contributed by atoms with Gasteiger partial charge in [0.25, 0.3) is 0 Å². The highest BCUT2D eigenvalue weighted by molar-refractivity contribution is 5.89. The van der Waals surface area contributed by atoms with Gasteiger partial charge < -0.3 is 14.7 Å². The van der Waals surface area contributed by atoms with E-state index < -0.39 is 5.97 Å². The topological polar surface area (TPSA) is 49.8 Å². The van der Waals surface area contributed by atoms with E-state index in [9.17, 15) is 14.3 Å². The Hall–Kier alpha value is -1.62. The average Bonchev–Trinajstić information content (AvgIpc) is 2.95. The molecule has 0 radical (unpaired) electrons. The van der Waals surface area contributed by atoms with Crippen LogP contribution in [0.1, 0.15) is 53.9 Å². The minimum Gasteiger partial charge on any atom is -0.478 e. The van der Waals surface area contributed by atoms with E-state index in [4.69, 9.17) is 4.74 Å². The Morgan fingerprint density at radius 2 is 2.00 bits per heavy atom. The van der Waals surface area contributed by atoms with Gasteiger partial charge in [-0.25, -0.2) is 9.18 Å². The van der Waals surface area contributed by atoms with E-state index in [-0.39, 0.29) is 6.67 Å². The summed E-state index contributed by atoms with van der Waals surface area (Å²) in [7, 11) is 0. The maximum atomic E-state index is 13.1. The van der Waals surface area contributed by atoms with Gasteiger partial charge in [0.2, 0.25) is 0 Å². The molecule has 0 bridgehead atoms. The largest absolute Gasteiger partial charge is 0.478 e. The second-order valence-corrected chi connectivity index (χ2v) is 7.66. The highest BCUT2D eigenvalue weighted by Crippen LogP contribution is 2.51. The van der Waals surface area contributed by atoms with Crippen molar-refractivity contribution in [1.29, 1.82) is 0 Å². The molecule has 136 valence electrons. The average molecular weight is 347 g/mol. The number of fused-ring (bicyclic) bond motifs is 3. The highest BCUT2D eigenvalue weighted by Gasteiger charge is 2.44. The third-order valence-electron chi connectivity index (χ3n) is 6.50. The van der Waals surface area contributed by atoms with Crippen molar-refractivity contribution in [3.63, 3.8) is 0 Å². The molecule has 0 aromatic heterocycles. The molecule has 2 fully saturated rings. The number of nitrogens with zero attached hydrogens (tertiary/aromatic N) is 1. The van der Waals surface area contributed by atoms with Crippen molar-refractivity contribution in [1.82, 2.24) is 0 Å². The first kappa shape index (κ1) is 16.8. The molecular formula is C20H26FNO3. The van der Waals surface area contributed by atoms with Crippen LogP contribution in [0.25, 0.3) is 0 Å². The highest BCUT2D eigenvalue weighted by atomic mass is 19.1. The molecule has 4 nitrogen and oxygen atoms in total. The summed E-state index contributed by atoms with van der Waals surface area (Å²) >= 11 is 0. The normalized spacial score (nSPS) is 29.3. The lowest BCUT2D eigenvalue weighted by molar-refractivity contribution is 0.0360. The molecule has 0 amide bonds. The maximum absolute atomic E-state index is 13.1. The van der Waals surface area contributed by atoms with Crippen molar-refractivity contribution in [2.24, 2.45) is 11.8 Å². The van der Waals surface area contributed by atoms with E-state index in [2.05, 4.69) is 4.90 Å². The second-order valence-electron chi connectivity index (χ2n) is 7.66. The van der Waals surface area contributed by atoms with E-state index in [0.717, 1.165) is 56.1 Å². The number of benzene rings is 1. The number of rotatable bonds is 4. The smallest absolute Gasteiger partial charge is 0.335 e. The Morgan fingerprint density at radius 1 is 1.20 bits per heavy atom. The lowest BCUT2D eigenvalue weighted by Crippen LogP contribution is -2.40. The molecule has 3 aliphatic rings. The molecule has 3 unspecified atom stereocenters. The SMILES string of the molecule is O=C(O)c1ccc2c(c1)C1CC(C3CCOCC3)CCC1N2CCF. The minimum absolute atomic E-state index is 0.325. The monoisotopic (exact) mass is 347 g/mol. The Morgan fingerprint density at radius 3 is 2.72 bits per heavy atom. The Labute approximate surface area is 148 Å². The first-order chi connectivity index (χ1) is 12.2. The Bertz CT molecular complexity index is 644. The quantitative estimate of drug-likeness (QED) is 0.899. The van der Waals surface area contributed by atoms with E-state index in [0.29, 0.717) is 30.0 Å². The van der Waals surface area contributed by atoms with Gasteiger partial charge in [-0.3, -0.25) is 0 Å². The minimum atomic E-state index is -0.889. The van der Waals surface area contributed by atoms with Crippen molar-refractivity contribution >= 4 is 11.7 Å². The molecule has 1 saturated carbocycles. The lowest BCUT2D eigenvalue weighted by Gasteiger charge is -2.40. The number of carbonyl (C=O) groups is 1. The van der Waals surface area contributed by atoms with Crippen LogP contribution in [0.5, 0.6) is 0 Å². The number of halogens is 1. The van der Waals surface area contributed by atoms with Gasteiger partial charge in [0.05, 0.1) is 5.56 Å². The molecule has 1 saturated heterocycles. The number of carboxylic acid groups (broad SMARTS) is 1. The predicted octanol–water partition coefficient (Wildman–Crippen LogP) is 3.85. The number of hydrogen-bond acceptors (Lipinski definition) is 3. The molecule has 1 aromatic rings. The zero-order valence-electron chi connectivity index (χ0n) is 14.5. The molecule has 1 aromatic carbocycles. The zero-order valence-corrected chi connectivity index (χ0v) is 14.5. The number of carboxylic acids is 1. The molecule has 1 N–H and O–H groups in total. The summed E-state index contributed by atoms with van der Waals surface area (Å²) in [6, 6.07) is 5.70. The summed E-state index contributed by atoms with van der Waals surface area (Å²) in [4.78, 5) is 13.6. The summed E-state index contributed by atoms with van der Waals surface area (Å²) in [5, 5.41) is 9.35. The maximum Gasteiger partial charge on any atom is 0.335 e. The molecule has 3 atom stereocenters. The molecule has 2 aliphatic heterocycles. The van der Waals surface area contributed by atoms with Crippen LogP contribution < -0.4 is 4.90 Å². The molecule has 2 heterocycles. The van der Waals surface area contributed by atoms with Crippen LogP contribution in [-0.4, -0.2) is 43.6 Å². The van der Waals surface area contributed by atoms with Crippen LogP contribution in [0.15, 0.2) is 18.2 Å². The molecule has 25 heavy (non-hydrogen) atoms. The third kappa shape index (κ3) is 3.03. The van der Waals surface area contributed by atoms with Crippen molar-refractivity contribution in [3.05, 3.63) is 29.3 Å². The fraction of sp³-hybridized carbons (Fsp3) is 0.650. The number of alkyl halides is 1. The standard InChI is InChI=1S/C20H26FNO3/c21-7-8-22-18-3-1-14(13-5-9-25-10-6-13)11-16(18)17-12-15(20(23)24)2-4-19(17)22/h2,4,12-14,16,18H,1,3,5-11H2,(H,23,24). The Balaban J connectivity index is 1.62. The number of anilines is 1. The summed E-state index contributed by atoms with van der Waals surface area (Å²) in [5.74, 6) is 0.843. The van der Waals surface area contributed by atoms with Crippen LogP contribution in [0.2, 0.25) is 0 Å². The summed E-state index contributed by atoms with van der Waals surface area (Å²) in [6.45, 7) is 1.77. The van der Waals surface area contributed by atoms with Crippen LogP contribution >= 0.6 is 0 Å². The molecule has 0 spiro atoms. The molecular weight excluding hydrogens is 321 g/mol. The first-order valence-electron chi connectivity index (χ1n) is 9.46. The van der Waals surface area contributed by atoms with Gasteiger partial charge in [-0.05, 0) is 67.7 Å². The van der Waals surface area contributed by atoms with Gasteiger partial charge in [-0.1, -0.05) is 0 Å². The van der Waals surface area contributed by atoms with Crippen LogP contribution in [-0.2, 0) is 4.74 Å². The van der Waals surface area contributed by atoms with Gasteiger partial charge in [-0.15, -0.1) is 0 Å². The predicted molar refractivity (Wildman–Crippen MR) is 94.1 cm³/mol. The van der Waals surface area contributed by atoms with Crippen LogP contribution in [0, 0.1) is 11.8 Å². The van der Waals surface area contributed by atoms with E-state index >= 15 is 0 Å². The fourth-order valence-electron chi connectivity index (χ4n) is 5.31. The van der Waals surface area contributed by atoms with Crippen molar-refractivity contribution in [2.75, 3.05) is 31.3 Å². The van der Waals surface area contributed by atoms with Gasteiger partial charge in [-0.2, -0.15) is 0 Å². The number of hydrogen-bond donors (Lipinski definition) is 1. The third-order valence-corrected chi connectivity index (χ3v) is 6.50. The lowest BCUT2D eigenvalue weighted by atomic mass is 9.70. The molecule has 5 heteroatoms. The fourth-order valence-corrected chi connectivity index (χ4v) is 5.31. The molecule has 4 rings (SSSR count). The van der Waals surface area contributed by atoms with Crippen molar-refractivity contribution in [2.45, 2.75) is 44.1 Å². The van der Waals surface area contributed by atoms with Gasteiger partial charge >= 0.3 is 5.97 Å². The van der Waals surface area contributed by atoms with E-state index in [1.807, 2.05) is 12.1 Å². The van der Waals surface area contributed by atoms with E-state index in [1.165, 1.54) is 6.42 Å². The molecule has 1 aliphatic carbocycles. The van der Waals surface area contributed by atoms with Crippen molar-refractivity contribution in [3.8, 4) is 0 Å². The summed E-state index contributed by atoms with van der Waals surface area (Å²) < 4.78 is 18.6. The van der Waals surface area contributed by atoms with Gasteiger partial charge in [0.15, 0.2) is 0 Å². The number of ether oxygens (including phenoxy) is 1. The first-order valence-corrected chi connectivity index (χ1v) is 9.46. The van der Waals surface area contributed by atoms with Crippen molar-refractivity contribution < 1.29 is 19.0 Å². The zero-order chi connectivity index (χ0) is 17.4. The summed E-state index contributed by atoms with van der Waals surface area (Å²) in [6.07, 6.45) is 5.63. The van der Waals surface area contributed by atoms with Gasteiger partial charge in [0, 0.05) is 37.4 Å². The second kappa shape index (κ2) is 6.94. The van der Waals surface area contributed by atoms with Gasteiger partial charge in [0.1, 0.15) is 6.67 Å². The van der Waals surface area contributed by atoms with Crippen LogP contribution in [0.3, 0.4) is 0 Å².